The quantitative estimate of drug-likeness (QED) is 0.159. The standard InChI is InChI=1S/C34H32BrNO10/c1-3-20(2)25(35)29(37)36-26-28(45-32(40)23-17-11-6-12-18-23)27(44-31(39)22-15-9-5-10-16-22)24(43-33(26)46-34(36)41)19-42-30(38)21-13-7-4-8-14-21/h4-18,20,24-28,33H,3,19H2,1-2H3/t20-,24-,25-,26-,27-,28-,33-/m1/s1. The van der Waals surface area contributed by atoms with E-state index in [1.165, 1.54) is 24.3 Å². The molecule has 0 unspecified atom stereocenters. The molecule has 2 aliphatic heterocycles. The zero-order valence-electron chi connectivity index (χ0n) is 25.0. The van der Waals surface area contributed by atoms with Gasteiger partial charge in [-0.25, -0.2) is 24.1 Å². The normalized spacial score (nSPS) is 23.3. The van der Waals surface area contributed by atoms with Crippen LogP contribution in [0.1, 0.15) is 51.3 Å². The fraction of sp³-hybridized carbons (Fsp3) is 0.324. The van der Waals surface area contributed by atoms with Crippen LogP contribution in [0.5, 0.6) is 0 Å². The van der Waals surface area contributed by atoms with Crippen molar-refractivity contribution in [2.24, 2.45) is 5.92 Å². The lowest BCUT2D eigenvalue weighted by atomic mass is 9.94. The molecule has 46 heavy (non-hydrogen) atoms. The van der Waals surface area contributed by atoms with E-state index in [9.17, 15) is 24.0 Å². The molecule has 12 heteroatoms. The molecule has 11 nitrogen and oxygen atoms in total. The molecule has 7 atom stereocenters. The van der Waals surface area contributed by atoms with Crippen molar-refractivity contribution in [3.8, 4) is 0 Å². The molecule has 0 saturated carbocycles. The third-order valence-corrected chi connectivity index (χ3v) is 9.13. The number of benzene rings is 3. The van der Waals surface area contributed by atoms with Crippen LogP contribution in [0.15, 0.2) is 91.0 Å². The maximum Gasteiger partial charge on any atom is 0.419 e. The van der Waals surface area contributed by atoms with Gasteiger partial charge in [0.05, 0.1) is 21.5 Å². The highest BCUT2D eigenvalue weighted by molar-refractivity contribution is 9.10. The predicted octanol–water partition coefficient (Wildman–Crippen LogP) is 5.18. The molecule has 0 bridgehead atoms. The molecule has 5 rings (SSSR count). The van der Waals surface area contributed by atoms with E-state index in [4.69, 9.17) is 23.7 Å². The van der Waals surface area contributed by atoms with Gasteiger partial charge in [0, 0.05) is 0 Å². The minimum atomic E-state index is -1.48. The molecule has 0 N–H and O–H groups in total. The van der Waals surface area contributed by atoms with Crippen molar-refractivity contribution in [1.29, 1.82) is 0 Å². The van der Waals surface area contributed by atoms with E-state index in [0.29, 0.717) is 6.42 Å². The Balaban J connectivity index is 1.53. The van der Waals surface area contributed by atoms with Gasteiger partial charge in [-0.3, -0.25) is 4.79 Å². The van der Waals surface area contributed by atoms with Gasteiger partial charge in [-0.1, -0.05) is 90.8 Å². The number of carbonyl (C=O) groups is 5. The van der Waals surface area contributed by atoms with Crippen LogP contribution in [0.2, 0.25) is 0 Å². The Morgan fingerprint density at radius 3 is 1.76 bits per heavy atom. The number of rotatable bonds is 10. The van der Waals surface area contributed by atoms with Crippen LogP contribution in [0.25, 0.3) is 0 Å². The number of alkyl halides is 1. The van der Waals surface area contributed by atoms with Crippen LogP contribution in [-0.2, 0) is 28.5 Å². The van der Waals surface area contributed by atoms with Gasteiger partial charge in [0.1, 0.15) is 18.8 Å². The van der Waals surface area contributed by atoms with E-state index in [1.54, 1.807) is 66.7 Å². The van der Waals surface area contributed by atoms with Crippen molar-refractivity contribution in [1.82, 2.24) is 4.90 Å². The van der Waals surface area contributed by atoms with Gasteiger partial charge in [-0.05, 0) is 42.3 Å². The first-order valence-corrected chi connectivity index (χ1v) is 15.7. The van der Waals surface area contributed by atoms with Crippen LogP contribution in [0, 0.1) is 5.92 Å². The summed E-state index contributed by atoms with van der Waals surface area (Å²) in [7, 11) is 0. The molecular weight excluding hydrogens is 662 g/mol. The minimum absolute atomic E-state index is 0.173. The van der Waals surface area contributed by atoms with Crippen LogP contribution >= 0.6 is 15.9 Å². The second kappa shape index (κ2) is 14.7. The Morgan fingerprint density at radius 1 is 0.783 bits per heavy atom. The predicted molar refractivity (Wildman–Crippen MR) is 166 cm³/mol. The topological polar surface area (TPSA) is 135 Å². The Hall–Kier alpha value is -4.55. The lowest BCUT2D eigenvalue weighted by molar-refractivity contribution is -0.240. The van der Waals surface area contributed by atoms with E-state index in [1.807, 2.05) is 13.8 Å². The summed E-state index contributed by atoms with van der Waals surface area (Å²) in [6, 6.07) is 23.0. The first-order valence-electron chi connectivity index (χ1n) is 14.8. The van der Waals surface area contributed by atoms with Crippen molar-refractivity contribution in [2.75, 3.05) is 6.61 Å². The highest BCUT2D eigenvalue weighted by Gasteiger charge is 2.61. The maximum atomic E-state index is 13.7. The van der Waals surface area contributed by atoms with Gasteiger partial charge >= 0.3 is 24.0 Å². The summed E-state index contributed by atoms with van der Waals surface area (Å²) in [5.41, 5.74) is 0.618. The van der Waals surface area contributed by atoms with E-state index >= 15 is 0 Å². The number of amides is 2. The molecule has 2 fully saturated rings. The summed E-state index contributed by atoms with van der Waals surface area (Å²) < 4.78 is 29.0. The molecule has 240 valence electrons. The summed E-state index contributed by atoms with van der Waals surface area (Å²) in [5.74, 6) is -3.11. The van der Waals surface area contributed by atoms with Gasteiger partial charge in [0.15, 0.2) is 12.2 Å². The molecule has 0 aliphatic carbocycles. The van der Waals surface area contributed by atoms with Gasteiger partial charge in [0.25, 0.3) is 0 Å². The second-order valence-electron chi connectivity index (χ2n) is 10.8. The van der Waals surface area contributed by atoms with Crippen molar-refractivity contribution in [2.45, 2.75) is 55.7 Å². The summed E-state index contributed by atoms with van der Waals surface area (Å²) in [4.78, 5) is 66.8. The summed E-state index contributed by atoms with van der Waals surface area (Å²) in [6.07, 6.45) is -6.04. The van der Waals surface area contributed by atoms with Crippen LogP contribution in [-0.4, -0.2) is 76.9 Å². The number of hydrogen-bond acceptors (Lipinski definition) is 10. The number of halogens is 1. The Morgan fingerprint density at radius 2 is 1.26 bits per heavy atom. The van der Waals surface area contributed by atoms with E-state index < -0.39 is 72.0 Å². The number of imide groups is 1. The Labute approximate surface area is 273 Å². The van der Waals surface area contributed by atoms with Gasteiger partial charge in [0.2, 0.25) is 12.2 Å². The lowest BCUT2D eigenvalue weighted by Gasteiger charge is -2.43. The van der Waals surface area contributed by atoms with Crippen LogP contribution in [0.4, 0.5) is 4.79 Å². The molecule has 2 aliphatic rings. The van der Waals surface area contributed by atoms with Gasteiger partial charge in [-0.15, -0.1) is 0 Å². The largest absolute Gasteiger partial charge is 0.459 e. The number of hydrogen-bond donors (Lipinski definition) is 0. The fourth-order valence-corrected chi connectivity index (χ4v) is 5.71. The molecule has 3 aromatic rings. The SMILES string of the molecule is CC[C@@H](C)[C@@H](Br)C(=O)N1C(=O)O[C@H]2O[C@H](COC(=O)c3ccccc3)[C@@H](OC(=O)c3ccccc3)[C@H](OC(=O)c3ccccc3)[C@H]21. The summed E-state index contributed by atoms with van der Waals surface area (Å²) >= 11 is 3.40. The van der Waals surface area contributed by atoms with E-state index in [0.717, 1.165) is 4.90 Å². The summed E-state index contributed by atoms with van der Waals surface area (Å²) in [5, 5.41) is 0. The first-order chi connectivity index (χ1) is 22.2. The third-order valence-electron chi connectivity index (χ3n) is 7.84. The molecule has 0 spiro atoms. The average molecular weight is 695 g/mol. The molecule has 0 aromatic heterocycles. The number of fused-ring (bicyclic) bond motifs is 1. The number of nitrogens with zero attached hydrogens (tertiary/aromatic N) is 1. The number of esters is 3. The molecule has 2 heterocycles. The Kier molecular flexibility index (Phi) is 10.5. The average Bonchev–Trinajstić information content (AvgIpc) is 3.43. The second-order valence-corrected chi connectivity index (χ2v) is 11.8. The molecular formula is C34H32BrNO10. The number of carbonyl (C=O) groups excluding carboxylic acids is 5. The van der Waals surface area contributed by atoms with Crippen molar-refractivity contribution in [3.05, 3.63) is 108 Å². The monoisotopic (exact) mass is 693 g/mol. The highest BCUT2D eigenvalue weighted by atomic mass is 79.9. The molecule has 2 saturated heterocycles. The minimum Gasteiger partial charge on any atom is -0.459 e. The molecule has 0 radical (unpaired) electrons. The van der Waals surface area contributed by atoms with E-state index in [-0.39, 0.29) is 22.6 Å². The zero-order chi connectivity index (χ0) is 32.8. The number of ether oxygens (including phenoxy) is 5. The van der Waals surface area contributed by atoms with Crippen molar-refractivity contribution < 1.29 is 47.7 Å². The third kappa shape index (κ3) is 7.13. The maximum absolute atomic E-state index is 13.7. The summed E-state index contributed by atoms with van der Waals surface area (Å²) in [6.45, 7) is 3.26. The van der Waals surface area contributed by atoms with Crippen molar-refractivity contribution >= 4 is 45.8 Å². The van der Waals surface area contributed by atoms with Crippen molar-refractivity contribution in [3.63, 3.8) is 0 Å². The smallest absolute Gasteiger partial charge is 0.419 e. The van der Waals surface area contributed by atoms with E-state index in [2.05, 4.69) is 15.9 Å². The molecule has 3 aromatic carbocycles. The van der Waals surface area contributed by atoms with Gasteiger partial charge in [-0.2, -0.15) is 0 Å². The fourth-order valence-electron chi connectivity index (χ4n) is 5.12. The Bertz CT molecular complexity index is 1550. The zero-order valence-corrected chi connectivity index (χ0v) is 26.6. The lowest BCUT2D eigenvalue weighted by Crippen LogP contribution is -2.64. The molecule has 2 amide bonds. The van der Waals surface area contributed by atoms with Crippen LogP contribution < -0.4 is 0 Å². The highest BCUT2D eigenvalue weighted by Crippen LogP contribution is 2.37. The first kappa shape index (κ1) is 32.8. The van der Waals surface area contributed by atoms with Crippen LogP contribution in [0.3, 0.4) is 0 Å². The van der Waals surface area contributed by atoms with Gasteiger partial charge < -0.3 is 23.7 Å².